The quantitative estimate of drug-likeness (QED) is 0.755. The number of rotatable bonds is 7. The molecule has 0 spiro atoms. The van der Waals surface area contributed by atoms with Crippen molar-refractivity contribution < 1.29 is 13.2 Å². The summed E-state index contributed by atoms with van der Waals surface area (Å²) in [5, 5.41) is 7.86. The molecule has 0 radical (unpaired) electrons. The third-order valence-corrected chi connectivity index (χ3v) is 4.93. The lowest BCUT2D eigenvalue weighted by molar-refractivity contribution is 0.0957. The molecule has 1 aromatic heterocycles. The first-order valence-electron chi connectivity index (χ1n) is 6.27. The number of amides is 1. The smallest absolute Gasteiger partial charge is 0.261 e. The van der Waals surface area contributed by atoms with Gasteiger partial charge in [-0.15, -0.1) is 11.3 Å². The van der Waals surface area contributed by atoms with Gasteiger partial charge in [-0.25, -0.2) is 13.6 Å². The van der Waals surface area contributed by atoms with E-state index in [1.54, 1.807) is 6.92 Å². The molecule has 0 unspecified atom stereocenters. The van der Waals surface area contributed by atoms with Gasteiger partial charge in [-0.2, -0.15) is 0 Å². The molecule has 0 aliphatic carbocycles. The first-order valence-corrected chi connectivity index (χ1v) is 8.64. The Morgan fingerprint density at radius 3 is 2.58 bits per heavy atom. The van der Waals surface area contributed by atoms with Crippen LogP contribution in [0.25, 0.3) is 0 Å². The first kappa shape index (κ1) is 16.1. The van der Waals surface area contributed by atoms with Crippen molar-refractivity contribution in [2.45, 2.75) is 44.4 Å². The highest BCUT2D eigenvalue weighted by molar-refractivity contribution is 7.89. The van der Waals surface area contributed by atoms with Gasteiger partial charge in [0, 0.05) is 11.4 Å². The summed E-state index contributed by atoms with van der Waals surface area (Å²) in [4.78, 5) is 12.8. The van der Waals surface area contributed by atoms with Gasteiger partial charge in [0.2, 0.25) is 10.0 Å². The number of sulfonamides is 1. The third kappa shape index (κ3) is 4.93. The number of carbonyl (C=O) groups is 1. The fourth-order valence-electron chi connectivity index (χ4n) is 1.70. The molecule has 5 nitrogen and oxygen atoms in total. The van der Waals surface area contributed by atoms with E-state index in [1.165, 1.54) is 6.07 Å². The van der Waals surface area contributed by atoms with Gasteiger partial charge >= 0.3 is 0 Å². The lowest BCUT2D eigenvalue weighted by Gasteiger charge is -2.02. The highest BCUT2D eigenvalue weighted by atomic mass is 32.2. The number of hydrogen-bond acceptors (Lipinski definition) is 4. The Bertz CT molecular complexity index is 535. The fraction of sp³-hybridized carbons (Fsp3) is 0.583. The zero-order chi connectivity index (χ0) is 14.5. The maximum atomic E-state index is 11.8. The Balaban J connectivity index is 2.59. The third-order valence-electron chi connectivity index (χ3n) is 2.72. The number of thiophene rings is 1. The van der Waals surface area contributed by atoms with Crippen molar-refractivity contribution in [3.05, 3.63) is 15.8 Å². The number of primary sulfonamides is 1. The number of nitrogens with one attached hydrogen (secondary N) is 1. The van der Waals surface area contributed by atoms with Crippen LogP contribution in [0, 0.1) is 6.92 Å². The van der Waals surface area contributed by atoms with Crippen LogP contribution in [0.3, 0.4) is 0 Å². The van der Waals surface area contributed by atoms with Gasteiger partial charge in [-0.1, -0.05) is 26.2 Å². The molecule has 0 atom stereocenters. The molecule has 1 heterocycles. The normalized spacial score (nSPS) is 11.5. The van der Waals surface area contributed by atoms with Gasteiger partial charge < -0.3 is 5.32 Å². The van der Waals surface area contributed by atoms with E-state index >= 15 is 0 Å². The second-order valence-corrected chi connectivity index (χ2v) is 7.18. The zero-order valence-electron chi connectivity index (χ0n) is 11.2. The summed E-state index contributed by atoms with van der Waals surface area (Å²) >= 11 is 1.15. The van der Waals surface area contributed by atoms with E-state index in [0.717, 1.165) is 37.0 Å². The van der Waals surface area contributed by atoms with Crippen molar-refractivity contribution in [3.63, 3.8) is 0 Å². The second kappa shape index (κ2) is 7.02. The number of hydrogen-bond donors (Lipinski definition) is 2. The van der Waals surface area contributed by atoms with Crippen molar-refractivity contribution in [2.24, 2.45) is 5.14 Å². The zero-order valence-corrected chi connectivity index (χ0v) is 12.9. The van der Waals surface area contributed by atoms with E-state index in [0.29, 0.717) is 16.3 Å². The summed E-state index contributed by atoms with van der Waals surface area (Å²) < 4.78 is 22.5. The molecule has 3 N–H and O–H groups in total. The summed E-state index contributed by atoms with van der Waals surface area (Å²) in [6.07, 6.45) is 4.33. The minimum absolute atomic E-state index is 0.0358. The van der Waals surface area contributed by atoms with Crippen LogP contribution in [0.15, 0.2) is 11.0 Å². The molecular formula is C12H20N2O3S2. The van der Waals surface area contributed by atoms with Crippen molar-refractivity contribution >= 4 is 27.3 Å². The summed E-state index contributed by atoms with van der Waals surface area (Å²) in [6.45, 7) is 4.38. The molecule has 1 rings (SSSR count). The van der Waals surface area contributed by atoms with Crippen LogP contribution in [0.1, 0.15) is 47.2 Å². The molecule has 0 aliphatic rings. The van der Waals surface area contributed by atoms with Crippen LogP contribution in [-0.2, 0) is 10.0 Å². The number of unbranched alkanes of at least 4 members (excludes halogenated alkanes) is 3. The van der Waals surface area contributed by atoms with Gasteiger partial charge in [0.1, 0.15) is 0 Å². The largest absolute Gasteiger partial charge is 0.351 e. The molecule has 7 heteroatoms. The number of nitrogens with two attached hydrogens (primary N) is 1. The minimum Gasteiger partial charge on any atom is -0.351 e. The van der Waals surface area contributed by atoms with Crippen LogP contribution < -0.4 is 10.5 Å². The van der Waals surface area contributed by atoms with Crippen LogP contribution in [0.2, 0.25) is 0 Å². The Morgan fingerprint density at radius 2 is 2.05 bits per heavy atom. The maximum Gasteiger partial charge on any atom is 0.261 e. The van der Waals surface area contributed by atoms with Crippen molar-refractivity contribution in [1.29, 1.82) is 0 Å². The van der Waals surface area contributed by atoms with E-state index in [-0.39, 0.29) is 10.8 Å². The Hall–Kier alpha value is -0.920. The Kier molecular flexibility index (Phi) is 5.96. The van der Waals surface area contributed by atoms with Crippen LogP contribution in [-0.4, -0.2) is 20.9 Å². The fourth-order valence-corrected chi connectivity index (χ4v) is 3.76. The van der Waals surface area contributed by atoms with Crippen molar-refractivity contribution in [1.82, 2.24) is 5.32 Å². The molecule has 1 amide bonds. The Morgan fingerprint density at radius 1 is 1.37 bits per heavy atom. The Labute approximate surface area is 118 Å². The molecule has 0 saturated heterocycles. The second-order valence-electron chi connectivity index (χ2n) is 4.39. The van der Waals surface area contributed by atoms with Crippen molar-refractivity contribution in [2.75, 3.05) is 6.54 Å². The molecule has 0 aromatic carbocycles. The van der Waals surface area contributed by atoms with Crippen LogP contribution in [0.4, 0.5) is 0 Å². The highest BCUT2D eigenvalue weighted by Gasteiger charge is 2.18. The van der Waals surface area contributed by atoms with Crippen LogP contribution >= 0.6 is 11.3 Å². The molecule has 0 fully saturated rings. The van der Waals surface area contributed by atoms with Gasteiger partial charge in [0.15, 0.2) is 0 Å². The summed E-state index contributed by atoms with van der Waals surface area (Å²) in [5.74, 6) is -0.237. The molecule has 108 valence electrons. The monoisotopic (exact) mass is 304 g/mol. The maximum absolute atomic E-state index is 11.8. The summed E-state index contributed by atoms with van der Waals surface area (Å²) in [6, 6.07) is 1.34. The van der Waals surface area contributed by atoms with Crippen LogP contribution in [0.5, 0.6) is 0 Å². The first-order chi connectivity index (χ1) is 8.86. The van der Waals surface area contributed by atoms with Crippen molar-refractivity contribution in [3.8, 4) is 0 Å². The highest BCUT2D eigenvalue weighted by Crippen LogP contribution is 2.24. The predicted molar refractivity (Wildman–Crippen MR) is 76.9 cm³/mol. The molecule has 0 saturated carbocycles. The molecular weight excluding hydrogens is 284 g/mol. The summed E-state index contributed by atoms with van der Waals surface area (Å²) in [7, 11) is -3.75. The minimum atomic E-state index is -3.75. The summed E-state index contributed by atoms with van der Waals surface area (Å²) in [5.41, 5.74) is 0. The molecule has 1 aromatic rings. The number of aryl methyl sites for hydroxylation is 1. The van der Waals surface area contributed by atoms with E-state index < -0.39 is 10.0 Å². The SMILES string of the molecule is CCCCCCNC(=O)c1cc(S(N)(=O)=O)c(C)s1. The van der Waals surface area contributed by atoms with E-state index in [2.05, 4.69) is 12.2 Å². The standard InChI is InChI=1S/C12H20N2O3S2/c1-3-4-5-6-7-14-12(15)10-8-11(9(2)18-10)19(13,16)17/h8H,3-7H2,1-2H3,(H,14,15)(H2,13,16,17). The molecule has 19 heavy (non-hydrogen) atoms. The van der Waals surface area contributed by atoms with Gasteiger partial charge in [0.25, 0.3) is 5.91 Å². The average molecular weight is 304 g/mol. The molecule has 0 bridgehead atoms. The predicted octanol–water partition coefficient (Wildman–Crippen LogP) is 2.01. The van der Waals surface area contributed by atoms with E-state index in [4.69, 9.17) is 5.14 Å². The van der Waals surface area contributed by atoms with E-state index in [9.17, 15) is 13.2 Å². The lowest BCUT2D eigenvalue weighted by Crippen LogP contribution is -2.23. The van der Waals surface area contributed by atoms with Gasteiger partial charge in [-0.3, -0.25) is 4.79 Å². The topological polar surface area (TPSA) is 89.3 Å². The van der Waals surface area contributed by atoms with Gasteiger partial charge in [-0.05, 0) is 19.4 Å². The average Bonchev–Trinajstić information content (AvgIpc) is 2.70. The van der Waals surface area contributed by atoms with Gasteiger partial charge in [0.05, 0.1) is 9.77 Å². The number of carbonyl (C=O) groups excluding carboxylic acids is 1. The lowest BCUT2D eigenvalue weighted by atomic mass is 10.2. The molecule has 0 aliphatic heterocycles. The van der Waals surface area contributed by atoms with E-state index in [1.807, 2.05) is 0 Å².